The summed E-state index contributed by atoms with van der Waals surface area (Å²) in [4.78, 5) is 0. The van der Waals surface area contributed by atoms with Crippen LogP contribution in [0.25, 0.3) is 0 Å². The van der Waals surface area contributed by atoms with Crippen LogP contribution >= 0.6 is 0 Å². The average molecular weight is 143 g/mol. The van der Waals surface area contributed by atoms with Gasteiger partial charge in [0.05, 0.1) is 0 Å². The summed E-state index contributed by atoms with van der Waals surface area (Å²) in [5.41, 5.74) is 0. The molecule has 0 radical (unpaired) electrons. The fourth-order valence-electron chi connectivity index (χ4n) is 0.678. The first-order valence-electron chi connectivity index (χ1n) is 4.08. The Morgan fingerprint density at radius 2 is 2.00 bits per heavy atom. The number of nitrogens with zero attached hydrogens (tertiary/aromatic N) is 1. The predicted molar refractivity (Wildman–Crippen MR) is 44.4 cm³/mol. The van der Waals surface area contributed by atoms with Crippen molar-refractivity contribution in [2.24, 2.45) is 0 Å². The van der Waals surface area contributed by atoms with E-state index in [1.165, 1.54) is 0 Å². The minimum absolute atomic E-state index is 0.663. The van der Waals surface area contributed by atoms with Crippen molar-refractivity contribution in [3.63, 3.8) is 0 Å². The zero-order valence-corrected chi connectivity index (χ0v) is 6.97. The number of rotatable bonds is 5. The quantitative estimate of drug-likeness (QED) is 0.251. The van der Waals surface area contributed by atoms with Crippen molar-refractivity contribution in [1.82, 2.24) is 0 Å². The van der Waals surface area contributed by atoms with Crippen LogP contribution in [0.2, 0.25) is 0 Å². The maximum Gasteiger partial charge on any atom is 0.153 e. The lowest BCUT2D eigenvalue weighted by Crippen LogP contribution is -2.05. The molecule has 0 aliphatic carbocycles. The third kappa shape index (κ3) is 5.60. The van der Waals surface area contributed by atoms with Crippen LogP contribution in [-0.4, -0.2) is 17.5 Å². The van der Waals surface area contributed by atoms with Gasteiger partial charge in [0.15, 0.2) is 12.8 Å². The molecule has 2 heteroatoms. The molecule has 0 saturated heterocycles. The van der Waals surface area contributed by atoms with E-state index in [0.717, 1.165) is 30.4 Å². The lowest BCUT2D eigenvalue weighted by Gasteiger charge is -2.01. The maximum atomic E-state index is 10.8. The number of hydrogen-bond donors (Lipinski definition) is 0. The molecule has 0 atom stereocenters. The third-order valence-corrected chi connectivity index (χ3v) is 1.35. The summed E-state index contributed by atoms with van der Waals surface area (Å²) in [6.45, 7) is 4.83. The van der Waals surface area contributed by atoms with Gasteiger partial charge in [-0.25, -0.2) is 4.74 Å². The largest absolute Gasteiger partial charge is 0.624 e. The lowest BCUT2D eigenvalue weighted by atomic mass is 10.3. The van der Waals surface area contributed by atoms with Gasteiger partial charge in [0, 0.05) is 12.8 Å². The highest BCUT2D eigenvalue weighted by molar-refractivity contribution is 5.50. The first kappa shape index (κ1) is 9.47. The van der Waals surface area contributed by atoms with E-state index in [9.17, 15) is 5.21 Å². The molecule has 0 aromatic carbocycles. The number of hydrogen-bond acceptors (Lipinski definition) is 1. The van der Waals surface area contributed by atoms with Crippen LogP contribution in [0.3, 0.4) is 0 Å². The van der Waals surface area contributed by atoms with Gasteiger partial charge in [0.25, 0.3) is 0 Å². The van der Waals surface area contributed by atoms with Gasteiger partial charge in [-0.2, -0.15) is 0 Å². The molecule has 2 nitrogen and oxygen atoms in total. The summed E-state index contributed by atoms with van der Waals surface area (Å²) in [6, 6.07) is 0. The Bertz CT molecular complexity index is 99.4. The highest BCUT2D eigenvalue weighted by Gasteiger charge is 1.89. The fraction of sp³-hybridized carbons (Fsp3) is 0.875. The highest BCUT2D eigenvalue weighted by Crippen LogP contribution is 1.87. The molecule has 0 rings (SSSR count). The monoisotopic (exact) mass is 143 g/mol. The van der Waals surface area contributed by atoms with Crippen LogP contribution in [0.5, 0.6) is 0 Å². The normalized spacial score (nSPS) is 12.0. The van der Waals surface area contributed by atoms with Gasteiger partial charge in [-0.15, -0.1) is 0 Å². The van der Waals surface area contributed by atoms with Crippen LogP contribution in [0, 0.1) is 5.21 Å². The molecule has 60 valence electrons. The second-order valence-corrected chi connectivity index (χ2v) is 2.47. The molecule has 0 amide bonds. The average Bonchev–Trinajstić information content (AvgIpc) is 1.97. The Balaban J connectivity index is 3.30. The van der Waals surface area contributed by atoms with Gasteiger partial charge in [0.2, 0.25) is 0 Å². The Labute approximate surface area is 63.1 Å². The minimum atomic E-state index is 0.663. The molecule has 0 aliphatic heterocycles. The van der Waals surface area contributed by atoms with Crippen LogP contribution in [0.1, 0.15) is 39.5 Å². The van der Waals surface area contributed by atoms with Crippen molar-refractivity contribution < 1.29 is 4.74 Å². The van der Waals surface area contributed by atoms with Crippen LogP contribution in [0.4, 0.5) is 0 Å². The standard InChI is InChI=1S/C8H17NO/c1-3-5-7-9(10)8-6-4-2/h7H,3-6,8H2,1-2H3/b9-7+. The van der Waals surface area contributed by atoms with E-state index in [4.69, 9.17) is 0 Å². The van der Waals surface area contributed by atoms with Crippen molar-refractivity contribution in [3.8, 4) is 0 Å². The lowest BCUT2D eigenvalue weighted by molar-refractivity contribution is -0.454. The molecule has 0 aromatic rings. The van der Waals surface area contributed by atoms with E-state index in [0.29, 0.717) is 6.54 Å². The number of hydroxylamine groups is 1. The van der Waals surface area contributed by atoms with Crippen LogP contribution in [-0.2, 0) is 0 Å². The molecule has 0 spiro atoms. The maximum absolute atomic E-state index is 10.8. The summed E-state index contributed by atoms with van der Waals surface area (Å²) < 4.78 is 1.05. The van der Waals surface area contributed by atoms with Crippen molar-refractivity contribution in [2.45, 2.75) is 39.5 Å². The Morgan fingerprint density at radius 3 is 2.50 bits per heavy atom. The molecule has 0 unspecified atom stereocenters. The molecule has 0 aliphatic rings. The molecule has 0 fully saturated rings. The zero-order valence-electron chi connectivity index (χ0n) is 6.97. The second kappa shape index (κ2) is 6.59. The molecular weight excluding hydrogens is 126 g/mol. The topological polar surface area (TPSA) is 26.1 Å². The molecule has 10 heavy (non-hydrogen) atoms. The number of unbranched alkanes of at least 4 members (excludes halogenated alkanes) is 2. The summed E-state index contributed by atoms with van der Waals surface area (Å²) in [6.07, 6.45) is 5.80. The third-order valence-electron chi connectivity index (χ3n) is 1.35. The first-order valence-corrected chi connectivity index (χ1v) is 4.08. The van der Waals surface area contributed by atoms with Gasteiger partial charge in [-0.1, -0.05) is 20.3 Å². The summed E-state index contributed by atoms with van der Waals surface area (Å²) in [5.74, 6) is 0. The Morgan fingerprint density at radius 1 is 1.30 bits per heavy atom. The second-order valence-electron chi connectivity index (χ2n) is 2.47. The fourth-order valence-corrected chi connectivity index (χ4v) is 0.678. The van der Waals surface area contributed by atoms with Crippen molar-refractivity contribution in [1.29, 1.82) is 0 Å². The van der Waals surface area contributed by atoms with Gasteiger partial charge >= 0.3 is 0 Å². The van der Waals surface area contributed by atoms with E-state index in [2.05, 4.69) is 13.8 Å². The first-order chi connectivity index (χ1) is 4.81. The van der Waals surface area contributed by atoms with E-state index in [-0.39, 0.29) is 0 Å². The summed E-state index contributed by atoms with van der Waals surface area (Å²) in [5, 5.41) is 10.8. The highest BCUT2D eigenvalue weighted by atomic mass is 16.5. The zero-order chi connectivity index (χ0) is 7.82. The van der Waals surface area contributed by atoms with E-state index in [1.807, 2.05) is 0 Å². The summed E-state index contributed by atoms with van der Waals surface area (Å²) in [7, 11) is 0. The molecule has 0 N–H and O–H groups in total. The molecule has 0 bridgehead atoms. The van der Waals surface area contributed by atoms with Gasteiger partial charge in [0.1, 0.15) is 0 Å². The predicted octanol–water partition coefficient (Wildman–Crippen LogP) is 2.17. The van der Waals surface area contributed by atoms with Crippen LogP contribution in [0.15, 0.2) is 0 Å². The molecule has 0 heterocycles. The minimum Gasteiger partial charge on any atom is -0.624 e. The van der Waals surface area contributed by atoms with E-state index < -0.39 is 0 Å². The van der Waals surface area contributed by atoms with E-state index in [1.54, 1.807) is 6.21 Å². The van der Waals surface area contributed by atoms with Crippen molar-refractivity contribution >= 4 is 6.21 Å². The van der Waals surface area contributed by atoms with Crippen molar-refractivity contribution in [2.75, 3.05) is 6.54 Å². The Hall–Kier alpha value is -0.530. The summed E-state index contributed by atoms with van der Waals surface area (Å²) >= 11 is 0. The Kier molecular flexibility index (Phi) is 6.24. The van der Waals surface area contributed by atoms with Gasteiger partial charge in [-0.3, -0.25) is 0 Å². The molecule has 0 aromatic heterocycles. The van der Waals surface area contributed by atoms with Crippen molar-refractivity contribution in [3.05, 3.63) is 5.21 Å². The van der Waals surface area contributed by atoms with Crippen LogP contribution < -0.4 is 0 Å². The van der Waals surface area contributed by atoms with Gasteiger partial charge in [-0.05, 0) is 6.42 Å². The molecule has 0 saturated carbocycles. The molecular formula is C8H17NO. The SMILES string of the molecule is CCC/C=[N+](/[O-])CCCC. The van der Waals surface area contributed by atoms with Gasteiger partial charge < -0.3 is 5.21 Å². The van der Waals surface area contributed by atoms with E-state index >= 15 is 0 Å². The smallest absolute Gasteiger partial charge is 0.153 e.